The van der Waals surface area contributed by atoms with E-state index in [4.69, 9.17) is 5.11 Å². The molecule has 1 aromatic rings. The van der Waals surface area contributed by atoms with Crippen molar-refractivity contribution in [3.63, 3.8) is 0 Å². The Balaban J connectivity index is 2.92. The summed E-state index contributed by atoms with van der Waals surface area (Å²) >= 11 is 0. The lowest BCUT2D eigenvalue weighted by molar-refractivity contribution is -0.139. The van der Waals surface area contributed by atoms with Gasteiger partial charge in [-0.15, -0.1) is 0 Å². The first-order chi connectivity index (χ1) is 8.20. The summed E-state index contributed by atoms with van der Waals surface area (Å²) in [6.45, 7) is 5.47. The third-order valence-corrected chi connectivity index (χ3v) is 2.65. The molecule has 1 aromatic carbocycles. The van der Waals surface area contributed by atoms with E-state index >= 15 is 0 Å². The standard InChI is InChI=1S/C13H17F2NO2/c1-13(2,3)16(8-12(17)18)7-9-4-5-10(14)6-11(9)15/h4-6H,7-8H2,1-3H3,(H,17,18). The van der Waals surface area contributed by atoms with Crippen LogP contribution >= 0.6 is 0 Å². The van der Waals surface area contributed by atoms with Crippen LogP contribution in [0.25, 0.3) is 0 Å². The molecule has 0 aromatic heterocycles. The number of nitrogens with zero attached hydrogens (tertiary/aromatic N) is 1. The molecule has 0 atom stereocenters. The van der Waals surface area contributed by atoms with Gasteiger partial charge in [0.15, 0.2) is 0 Å². The molecule has 0 bridgehead atoms. The lowest BCUT2D eigenvalue weighted by Gasteiger charge is -2.34. The van der Waals surface area contributed by atoms with E-state index in [2.05, 4.69) is 0 Å². The van der Waals surface area contributed by atoms with Gasteiger partial charge in [0.25, 0.3) is 0 Å². The van der Waals surface area contributed by atoms with Crippen LogP contribution in [0.3, 0.4) is 0 Å². The fourth-order valence-corrected chi connectivity index (χ4v) is 1.55. The minimum Gasteiger partial charge on any atom is -0.480 e. The summed E-state index contributed by atoms with van der Waals surface area (Å²) in [6, 6.07) is 3.31. The molecule has 1 N–H and O–H groups in total. The third kappa shape index (κ3) is 4.07. The Bertz CT molecular complexity index is 441. The van der Waals surface area contributed by atoms with Gasteiger partial charge in [-0.1, -0.05) is 6.07 Å². The van der Waals surface area contributed by atoms with Gasteiger partial charge in [0.05, 0.1) is 6.54 Å². The molecular formula is C13H17F2NO2. The average Bonchev–Trinajstić information content (AvgIpc) is 2.18. The molecule has 0 fully saturated rings. The number of carboxylic acids is 1. The lowest BCUT2D eigenvalue weighted by atomic mass is 10.0. The van der Waals surface area contributed by atoms with Gasteiger partial charge in [0, 0.05) is 23.7 Å². The molecule has 0 saturated carbocycles. The molecule has 0 radical (unpaired) electrons. The number of aliphatic carboxylic acids is 1. The van der Waals surface area contributed by atoms with Gasteiger partial charge in [-0.2, -0.15) is 0 Å². The van der Waals surface area contributed by atoms with Gasteiger partial charge in [0.1, 0.15) is 11.6 Å². The maximum Gasteiger partial charge on any atom is 0.317 e. The zero-order valence-electron chi connectivity index (χ0n) is 10.7. The molecule has 0 aliphatic carbocycles. The number of carboxylic acid groups (broad SMARTS) is 1. The predicted molar refractivity (Wildman–Crippen MR) is 64.2 cm³/mol. The van der Waals surface area contributed by atoms with Crippen LogP contribution in [0.2, 0.25) is 0 Å². The average molecular weight is 257 g/mol. The second-order valence-corrected chi connectivity index (χ2v) is 5.16. The third-order valence-electron chi connectivity index (χ3n) is 2.65. The number of halogens is 2. The molecular weight excluding hydrogens is 240 g/mol. The zero-order chi connectivity index (χ0) is 13.9. The Morgan fingerprint density at radius 2 is 1.94 bits per heavy atom. The summed E-state index contributed by atoms with van der Waals surface area (Å²) in [5, 5.41) is 8.84. The topological polar surface area (TPSA) is 40.5 Å². The Hall–Kier alpha value is -1.49. The normalized spacial score (nSPS) is 11.9. The van der Waals surface area contributed by atoms with Crippen LogP contribution < -0.4 is 0 Å². The van der Waals surface area contributed by atoms with Gasteiger partial charge in [-0.3, -0.25) is 9.69 Å². The number of carbonyl (C=O) groups is 1. The van der Waals surface area contributed by atoms with Crippen molar-refractivity contribution in [2.75, 3.05) is 6.54 Å². The summed E-state index contributed by atoms with van der Waals surface area (Å²) in [5.41, 5.74) is -0.133. The molecule has 5 heteroatoms. The summed E-state index contributed by atoms with van der Waals surface area (Å²) in [5.74, 6) is -2.28. The van der Waals surface area contributed by atoms with E-state index in [0.29, 0.717) is 0 Å². The highest BCUT2D eigenvalue weighted by molar-refractivity contribution is 5.69. The Morgan fingerprint density at radius 3 is 2.39 bits per heavy atom. The van der Waals surface area contributed by atoms with Crippen molar-refractivity contribution in [2.45, 2.75) is 32.9 Å². The van der Waals surface area contributed by atoms with Gasteiger partial charge >= 0.3 is 5.97 Å². The molecule has 0 spiro atoms. The van der Waals surface area contributed by atoms with Crippen LogP contribution in [0.1, 0.15) is 26.3 Å². The van der Waals surface area contributed by atoms with Gasteiger partial charge in [-0.05, 0) is 26.8 Å². The van der Waals surface area contributed by atoms with Crippen LogP contribution in [-0.4, -0.2) is 28.1 Å². The minimum atomic E-state index is -0.979. The monoisotopic (exact) mass is 257 g/mol. The first kappa shape index (κ1) is 14.6. The number of hydrogen-bond acceptors (Lipinski definition) is 2. The molecule has 0 aliphatic heterocycles. The van der Waals surface area contributed by atoms with Crippen molar-refractivity contribution in [2.24, 2.45) is 0 Å². The van der Waals surface area contributed by atoms with E-state index in [-0.39, 0.29) is 18.7 Å². The van der Waals surface area contributed by atoms with Gasteiger partial charge in [0.2, 0.25) is 0 Å². The maximum atomic E-state index is 13.5. The fraction of sp³-hybridized carbons (Fsp3) is 0.462. The van der Waals surface area contributed by atoms with Crippen LogP contribution in [0, 0.1) is 11.6 Å². The molecule has 1 rings (SSSR count). The zero-order valence-corrected chi connectivity index (χ0v) is 10.7. The van der Waals surface area contributed by atoms with Crippen LogP contribution in [0.5, 0.6) is 0 Å². The second-order valence-electron chi connectivity index (χ2n) is 5.16. The van der Waals surface area contributed by atoms with Gasteiger partial charge in [-0.25, -0.2) is 8.78 Å². The summed E-state index contributed by atoms with van der Waals surface area (Å²) in [7, 11) is 0. The van der Waals surface area contributed by atoms with E-state index in [1.54, 1.807) is 4.90 Å². The first-order valence-electron chi connectivity index (χ1n) is 5.61. The highest BCUT2D eigenvalue weighted by Crippen LogP contribution is 2.19. The van der Waals surface area contributed by atoms with Crippen molar-refractivity contribution in [3.8, 4) is 0 Å². The predicted octanol–water partition coefficient (Wildman–Crippen LogP) is 2.65. The van der Waals surface area contributed by atoms with E-state index in [9.17, 15) is 13.6 Å². The van der Waals surface area contributed by atoms with Crippen LogP contribution in [0.15, 0.2) is 18.2 Å². The van der Waals surface area contributed by atoms with E-state index < -0.39 is 23.1 Å². The SMILES string of the molecule is CC(C)(C)N(CC(=O)O)Cc1ccc(F)cc1F. The summed E-state index contributed by atoms with van der Waals surface area (Å²) < 4.78 is 26.3. The van der Waals surface area contributed by atoms with Crippen molar-refractivity contribution >= 4 is 5.97 Å². The number of benzene rings is 1. The molecule has 0 saturated heterocycles. The maximum absolute atomic E-state index is 13.5. The van der Waals surface area contributed by atoms with Crippen molar-refractivity contribution in [1.29, 1.82) is 0 Å². The molecule has 0 amide bonds. The first-order valence-corrected chi connectivity index (χ1v) is 5.61. The summed E-state index contributed by atoms with van der Waals surface area (Å²) in [6.07, 6.45) is 0. The van der Waals surface area contributed by atoms with Crippen molar-refractivity contribution in [3.05, 3.63) is 35.4 Å². The van der Waals surface area contributed by atoms with Crippen LogP contribution in [0.4, 0.5) is 8.78 Å². The number of rotatable bonds is 4. The lowest BCUT2D eigenvalue weighted by Crippen LogP contribution is -2.44. The largest absolute Gasteiger partial charge is 0.480 e. The van der Waals surface area contributed by atoms with E-state index in [1.165, 1.54) is 12.1 Å². The van der Waals surface area contributed by atoms with Crippen molar-refractivity contribution < 1.29 is 18.7 Å². The Morgan fingerprint density at radius 1 is 1.33 bits per heavy atom. The molecule has 0 aliphatic rings. The molecule has 3 nitrogen and oxygen atoms in total. The van der Waals surface area contributed by atoms with Crippen molar-refractivity contribution in [1.82, 2.24) is 4.90 Å². The fourth-order valence-electron chi connectivity index (χ4n) is 1.55. The smallest absolute Gasteiger partial charge is 0.317 e. The molecule has 0 unspecified atom stereocenters. The molecule has 100 valence electrons. The van der Waals surface area contributed by atoms with Gasteiger partial charge < -0.3 is 5.11 Å². The van der Waals surface area contributed by atoms with E-state index in [0.717, 1.165) is 6.07 Å². The van der Waals surface area contributed by atoms with E-state index in [1.807, 2.05) is 20.8 Å². The Kier molecular flexibility index (Phi) is 4.40. The molecule has 0 heterocycles. The van der Waals surface area contributed by atoms with Crippen LogP contribution in [-0.2, 0) is 11.3 Å². The summed E-state index contributed by atoms with van der Waals surface area (Å²) in [4.78, 5) is 12.4. The highest BCUT2D eigenvalue weighted by Gasteiger charge is 2.24. The highest BCUT2D eigenvalue weighted by atomic mass is 19.1. The minimum absolute atomic E-state index is 0.127. The Labute approximate surface area is 105 Å². The second kappa shape index (κ2) is 5.44. The quantitative estimate of drug-likeness (QED) is 0.901. The molecule has 18 heavy (non-hydrogen) atoms. The number of hydrogen-bond donors (Lipinski definition) is 1.